The predicted molar refractivity (Wildman–Crippen MR) is 58.5 cm³/mol. The van der Waals surface area contributed by atoms with Gasteiger partial charge < -0.3 is 4.90 Å². The number of benzene rings is 1. The van der Waals surface area contributed by atoms with E-state index in [2.05, 4.69) is 22.6 Å². The molecule has 0 aliphatic heterocycles. The van der Waals surface area contributed by atoms with Crippen LogP contribution in [0.2, 0.25) is 5.02 Å². The summed E-state index contributed by atoms with van der Waals surface area (Å²) in [7, 11) is 4.00. The van der Waals surface area contributed by atoms with E-state index in [1.165, 1.54) is 0 Å². The highest BCUT2D eigenvalue weighted by molar-refractivity contribution is 14.1. The van der Waals surface area contributed by atoms with Crippen molar-refractivity contribution in [1.29, 1.82) is 0 Å². The van der Waals surface area contributed by atoms with E-state index < -0.39 is 0 Å². The topological polar surface area (TPSA) is 3.24 Å². The molecule has 1 aromatic rings. The van der Waals surface area contributed by atoms with Gasteiger partial charge in [-0.1, -0.05) is 11.6 Å². The summed E-state index contributed by atoms with van der Waals surface area (Å²) in [4.78, 5) is 2.03. The molecular formula is C8H9ClIN. The molecule has 0 heterocycles. The minimum atomic E-state index is 0.816. The van der Waals surface area contributed by atoms with Gasteiger partial charge in [0.05, 0.1) is 5.02 Å². The van der Waals surface area contributed by atoms with E-state index in [0.717, 1.165) is 14.3 Å². The van der Waals surface area contributed by atoms with Crippen molar-refractivity contribution in [1.82, 2.24) is 0 Å². The van der Waals surface area contributed by atoms with E-state index in [1.807, 2.05) is 37.2 Å². The van der Waals surface area contributed by atoms with Gasteiger partial charge in [0.1, 0.15) is 0 Å². The SMILES string of the molecule is CN(C)c1ccc(I)c(Cl)c1. The maximum Gasteiger partial charge on any atom is 0.0560 e. The van der Waals surface area contributed by atoms with Crippen LogP contribution in [0.4, 0.5) is 5.69 Å². The van der Waals surface area contributed by atoms with Crippen LogP contribution in [-0.2, 0) is 0 Å². The van der Waals surface area contributed by atoms with Crippen molar-refractivity contribution in [3.8, 4) is 0 Å². The van der Waals surface area contributed by atoms with Crippen LogP contribution in [0.1, 0.15) is 0 Å². The van der Waals surface area contributed by atoms with Gasteiger partial charge in [0, 0.05) is 23.4 Å². The minimum absolute atomic E-state index is 0.816. The summed E-state index contributed by atoms with van der Waals surface area (Å²) in [6, 6.07) is 6.02. The Morgan fingerprint density at radius 1 is 1.36 bits per heavy atom. The molecule has 0 radical (unpaired) electrons. The Morgan fingerprint density at radius 3 is 2.45 bits per heavy atom. The Kier molecular flexibility index (Phi) is 3.01. The average Bonchev–Trinajstić information content (AvgIpc) is 1.94. The predicted octanol–water partition coefficient (Wildman–Crippen LogP) is 3.01. The Morgan fingerprint density at radius 2 is 2.00 bits per heavy atom. The van der Waals surface area contributed by atoms with Crippen LogP contribution < -0.4 is 4.90 Å². The second-order valence-electron chi connectivity index (χ2n) is 2.49. The van der Waals surface area contributed by atoms with E-state index in [1.54, 1.807) is 0 Å². The van der Waals surface area contributed by atoms with Crippen molar-refractivity contribution in [3.05, 3.63) is 26.8 Å². The Bertz CT molecular complexity index is 260. The highest BCUT2D eigenvalue weighted by Gasteiger charge is 1.98. The number of halogens is 2. The standard InChI is InChI=1S/C8H9ClIN/c1-11(2)6-3-4-8(10)7(9)5-6/h3-5H,1-2H3. The summed E-state index contributed by atoms with van der Waals surface area (Å²) in [5, 5.41) is 0.816. The Hall–Kier alpha value is 0.0400. The molecule has 1 aromatic carbocycles. The lowest BCUT2D eigenvalue weighted by Crippen LogP contribution is -2.08. The molecule has 0 atom stereocenters. The number of hydrogen-bond acceptors (Lipinski definition) is 1. The fourth-order valence-electron chi connectivity index (χ4n) is 0.763. The van der Waals surface area contributed by atoms with Crippen molar-refractivity contribution in [3.63, 3.8) is 0 Å². The monoisotopic (exact) mass is 281 g/mol. The van der Waals surface area contributed by atoms with Crippen LogP contribution in [0.5, 0.6) is 0 Å². The van der Waals surface area contributed by atoms with Crippen LogP contribution in [0.15, 0.2) is 18.2 Å². The molecule has 1 rings (SSSR count). The maximum absolute atomic E-state index is 5.92. The molecule has 0 N–H and O–H groups in total. The van der Waals surface area contributed by atoms with Crippen LogP contribution in [0.3, 0.4) is 0 Å². The number of nitrogens with zero attached hydrogens (tertiary/aromatic N) is 1. The van der Waals surface area contributed by atoms with Gasteiger partial charge in [-0.3, -0.25) is 0 Å². The summed E-state index contributed by atoms with van der Waals surface area (Å²) in [6.45, 7) is 0. The van der Waals surface area contributed by atoms with Crippen LogP contribution >= 0.6 is 34.2 Å². The summed E-state index contributed by atoms with van der Waals surface area (Å²) in [5.41, 5.74) is 1.13. The first-order chi connectivity index (χ1) is 5.11. The first kappa shape index (κ1) is 9.13. The normalized spacial score (nSPS) is 9.82. The average molecular weight is 282 g/mol. The molecule has 0 bridgehead atoms. The number of hydrogen-bond donors (Lipinski definition) is 0. The zero-order chi connectivity index (χ0) is 8.43. The van der Waals surface area contributed by atoms with Crippen molar-refractivity contribution in [2.24, 2.45) is 0 Å². The summed E-state index contributed by atoms with van der Waals surface area (Å²) < 4.78 is 1.09. The van der Waals surface area contributed by atoms with E-state index in [-0.39, 0.29) is 0 Å². The summed E-state index contributed by atoms with van der Waals surface area (Å²) in [5.74, 6) is 0. The van der Waals surface area contributed by atoms with Gasteiger partial charge in [0.15, 0.2) is 0 Å². The Labute approximate surface area is 85.5 Å². The third-order valence-electron chi connectivity index (χ3n) is 1.42. The molecule has 0 saturated carbocycles. The fraction of sp³-hybridized carbons (Fsp3) is 0.250. The molecule has 3 heteroatoms. The number of rotatable bonds is 1. The smallest absolute Gasteiger partial charge is 0.0560 e. The summed E-state index contributed by atoms with van der Waals surface area (Å²) >= 11 is 8.14. The van der Waals surface area contributed by atoms with E-state index in [0.29, 0.717) is 0 Å². The third-order valence-corrected chi connectivity index (χ3v) is 2.99. The molecule has 0 amide bonds. The van der Waals surface area contributed by atoms with Crippen LogP contribution in [0.25, 0.3) is 0 Å². The molecular weight excluding hydrogens is 272 g/mol. The van der Waals surface area contributed by atoms with E-state index >= 15 is 0 Å². The molecule has 0 aliphatic carbocycles. The van der Waals surface area contributed by atoms with Gasteiger partial charge in [-0.25, -0.2) is 0 Å². The largest absolute Gasteiger partial charge is 0.378 e. The molecule has 0 fully saturated rings. The molecule has 0 spiro atoms. The first-order valence-corrected chi connectivity index (χ1v) is 4.69. The molecule has 0 unspecified atom stereocenters. The quantitative estimate of drug-likeness (QED) is 0.715. The van der Waals surface area contributed by atoms with E-state index in [9.17, 15) is 0 Å². The van der Waals surface area contributed by atoms with Gasteiger partial charge in [-0.15, -0.1) is 0 Å². The van der Waals surface area contributed by atoms with Gasteiger partial charge in [-0.05, 0) is 40.8 Å². The second kappa shape index (κ2) is 3.63. The second-order valence-corrected chi connectivity index (χ2v) is 4.06. The minimum Gasteiger partial charge on any atom is -0.378 e. The molecule has 0 aliphatic rings. The van der Waals surface area contributed by atoms with Gasteiger partial charge >= 0.3 is 0 Å². The molecule has 1 nitrogen and oxygen atoms in total. The molecule has 60 valence electrons. The molecule has 11 heavy (non-hydrogen) atoms. The van der Waals surface area contributed by atoms with Gasteiger partial charge in [0.2, 0.25) is 0 Å². The zero-order valence-corrected chi connectivity index (χ0v) is 9.35. The number of anilines is 1. The van der Waals surface area contributed by atoms with Crippen molar-refractivity contribution in [2.45, 2.75) is 0 Å². The lowest BCUT2D eigenvalue weighted by molar-refractivity contribution is 1.13. The van der Waals surface area contributed by atoms with E-state index in [4.69, 9.17) is 11.6 Å². The third kappa shape index (κ3) is 2.24. The Balaban J connectivity index is 3.05. The fourth-order valence-corrected chi connectivity index (χ4v) is 1.27. The van der Waals surface area contributed by atoms with Gasteiger partial charge in [0.25, 0.3) is 0 Å². The highest BCUT2D eigenvalue weighted by atomic mass is 127. The zero-order valence-electron chi connectivity index (χ0n) is 6.44. The lowest BCUT2D eigenvalue weighted by atomic mass is 10.3. The van der Waals surface area contributed by atoms with Crippen molar-refractivity contribution >= 4 is 39.9 Å². The molecule has 0 saturated heterocycles. The molecule has 0 aromatic heterocycles. The van der Waals surface area contributed by atoms with Crippen molar-refractivity contribution < 1.29 is 0 Å². The van der Waals surface area contributed by atoms with Gasteiger partial charge in [-0.2, -0.15) is 0 Å². The highest BCUT2D eigenvalue weighted by Crippen LogP contribution is 2.23. The lowest BCUT2D eigenvalue weighted by Gasteiger charge is -2.12. The first-order valence-electron chi connectivity index (χ1n) is 3.23. The van der Waals surface area contributed by atoms with Crippen LogP contribution in [0, 0.1) is 3.57 Å². The summed E-state index contributed by atoms with van der Waals surface area (Å²) in [6.07, 6.45) is 0. The maximum atomic E-state index is 5.92. The van der Waals surface area contributed by atoms with Crippen LogP contribution in [-0.4, -0.2) is 14.1 Å². The van der Waals surface area contributed by atoms with Crippen molar-refractivity contribution in [2.75, 3.05) is 19.0 Å².